The van der Waals surface area contributed by atoms with Gasteiger partial charge in [-0.3, -0.25) is 0 Å². The third-order valence-electron chi connectivity index (χ3n) is 3.78. The van der Waals surface area contributed by atoms with Crippen LogP contribution in [0.2, 0.25) is 0 Å². The predicted molar refractivity (Wildman–Crippen MR) is 84.0 cm³/mol. The van der Waals surface area contributed by atoms with Crippen molar-refractivity contribution >= 4 is 11.4 Å². The lowest BCUT2D eigenvalue weighted by Crippen LogP contribution is -2.02. The summed E-state index contributed by atoms with van der Waals surface area (Å²) in [7, 11) is 1.94. The van der Waals surface area contributed by atoms with Crippen molar-refractivity contribution in [1.82, 2.24) is 0 Å². The number of hydrogen-bond acceptors (Lipinski definition) is 2. The first-order chi connectivity index (χ1) is 9.11. The zero-order valence-corrected chi connectivity index (χ0v) is 12.2. The van der Waals surface area contributed by atoms with Crippen LogP contribution in [0.4, 0.5) is 11.4 Å². The Hall–Kier alpha value is -1.96. The smallest absolute Gasteiger partial charge is 0.0400 e. The van der Waals surface area contributed by atoms with Crippen LogP contribution in [0.5, 0.6) is 0 Å². The van der Waals surface area contributed by atoms with Crippen LogP contribution >= 0.6 is 0 Å². The maximum atomic E-state index is 3.51. The van der Waals surface area contributed by atoms with E-state index in [4.69, 9.17) is 0 Å². The molecular formula is C17H22N2. The van der Waals surface area contributed by atoms with Gasteiger partial charge in [-0.1, -0.05) is 18.2 Å². The van der Waals surface area contributed by atoms with Gasteiger partial charge >= 0.3 is 0 Å². The predicted octanol–water partition coefficient (Wildman–Crippen LogP) is 4.27. The molecule has 0 amide bonds. The minimum Gasteiger partial charge on any atom is -0.388 e. The molecule has 0 aromatic heterocycles. The van der Waals surface area contributed by atoms with E-state index in [0.29, 0.717) is 0 Å². The number of hydrogen-bond donors (Lipinski definition) is 2. The Balaban J connectivity index is 2.08. The van der Waals surface area contributed by atoms with Gasteiger partial charge < -0.3 is 10.6 Å². The molecule has 0 aliphatic heterocycles. The van der Waals surface area contributed by atoms with E-state index in [0.717, 1.165) is 12.2 Å². The summed E-state index contributed by atoms with van der Waals surface area (Å²) in [5.74, 6) is 0. The quantitative estimate of drug-likeness (QED) is 0.851. The molecule has 100 valence electrons. The molecule has 0 bridgehead atoms. The zero-order chi connectivity index (χ0) is 13.8. The molecule has 0 aliphatic carbocycles. The minimum atomic E-state index is 0.854. The molecule has 0 aliphatic rings. The summed E-state index contributed by atoms with van der Waals surface area (Å²) in [6.07, 6.45) is 0. The Labute approximate surface area is 115 Å². The summed E-state index contributed by atoms with van der Waals surface area (Å²) < 4.78 is 0. The molecule has 0 heterocycles. The van der Waals surface area contributed by atoms with Gasteiger partial charge in [0.1, 0.15) is 0 Å². The molecule has 2 heteroatoms. The topological polar surface area (TPSA) is 24.1 Å². The average molecular weight is 254 g/mol. The molecular weight excluding hydrogens is 232 g/mol. The second-order valence-corrected chi connectivity index (χ2v) is 4.98. The summed E-state index contributed by atoms with van der Waals surface area (Å²) >= 11 is 0. The summed E-state index contributed by atoms with van der Waals surface area (Å²) in [4.78, 5) is 0. The number of nitrogens with one attached hydrogen (secondary N) is 2. The molecule has 2 aromatic carbocycles. The standard InChI is InChI=1S/C17H22N2/c1-12-5-10-17(14(3)13(12)2)19-11-15-6-8-16(18-4)9-7-15/h5-10,18-19H,11H2,1-4H3. The number of anilines is 2. The van der Waals surface area contributed by atoms with Gasteiger partial charge in [0.2, 0.25) is 0 Å². The van der Waals surface area contributed by atoms with Gasteiger partial charge in [0, 0.05) is 25.0 Å². The first-order valence-corrected chi connectivity index (χ1v) is 6.69. The molecule has 19 heavy (non-hydrogen) atoms. The third kappa shape index (κ3) is 3.08. The van der Waals surface area contributed by atoms with Gasteiger partial charge in [-0.15, -0.1) is 0 Å². The third-order valence-corrected chi connectivity index (χ3v) is 3.78. The maximum absolute atomic E-state index is 3.51. The monoisotopic (exact) mass is 254 g/mol. The second-order valence-electron chi connectivity index (χ2n) is 4.98. The molecule has 0 saturated heterocycles. The maximum Gasteiger partial charge on any atom is 0.0400 e. The van der Waals surface area contributed by atoms with Crippen molar-refractivity contribution in [3.05, 3.63) is 58.7 Å². The van der Waals surface area contributed by atoms with Crippen molar-refractivity contribution in [3.8, 4) is 0 Å². The van der Waals surface area contributed by atoms with Crippen LogP contribution in [0.1, 0.15) is 22.3 Å². The highest BCUT2D eigenvalue weighted by atomic mass is 14.9. The summed E-state index contributed by atoms with van der Waals surface area (Å²) in [5.41, 5.74) is 7.72. The molecule has 0 saturated carbocycles. The van der Waals surface area contributed by atoms with Crippen molar-refractivity contribution in [2.75, 3.05) is 17.7 Å². The molecule has 0 radical (unpaired) electrons. The van der Waals surface area contributed by atoms with E-state index in [9.17, 15) is 0 Å². The van der Waals surface area contributed by atoms with E-state index in [1.165, 1.54) is 27.9 Å². The van der Waals surface area contributed by atoms with Crippen LogP contribution < -0.4 is 10.6 Å². The Morgan fingerprint density at radius 2 is 1.53 bits per heavy atom. The van der Waals surface area contributed by atoms with Crippen LogP contribution in [0, 0.1) is 20.8 Å². The highest BCUT2D eigenvalue weighted by Gasteiger charge is 2.03. The fourth-order valence-electron chi connectivity index (χ4n) is 2.13. The van der Waals surface area contributed by atoms with Crippen molar-refractivity contribution < 1.29 is 0 Å². The van der Waals surface area contributed by atoms with Crippen LogP contribution in [-0.4, -0.2) is 7.05 Å². The van der Waals surface area contributed by atoms with Crippen LogP contribution in [0.3, 0.4) is 0 Å². The van der Waals surface area contributed by atoms with Crippen molar-refractivity contribution in [2.24, 2.45) is 0 Å². The van der Waals surface area contributed by atoms with Crippen LogP contribution in [-0.2, 0) is 6.54 Å². The van der Waals surface area contributed by atoms with Crippen molar-refractivity contribution in [1.29, 1.82) is 0 Å². The number of aryl methyl sites for hydroxylation is 1. The van der Waals surface area contributed by atoms with Gasteiger partial charge in [0.05, 0.1) is 0 Å². The minimum absolute atomic E-state index is 0.854. The van der Waals surface area contributed by atoms with E-state index < -0.39 is 0 Å². The highest BCUT2D eigenvalue weighted by Crippen LogP contribution is 2.22. The highest BCUT2D eigenvalue weighted by molar-refractivity contribution is 5.56. The van der Waals surface area contributed by atoms with E-state index in [1.807, 2.05) is 7.05 Å². The van der Waals surface area contributed by atoms with E-state index in [1.54, 1.807) is 0 Å². The lowest BCUT2D eigenvalue weighted by atomic mass is 10.0. The molecule has 2 nitrogen and oxygen atoms in total. The SMILES string of the molecule is CNc1ccc(CNc2ccc(C)c(C)c2C)cc1. The Morgan fingerprint density at radius 1 is 0.842 bits per heavy atom. The molecule has 2 aromatic rings. The Bertz CT molecular complexity index is 556. The van der Waals surface area contributed by atoms with Crippen LogP contribution in [0.25, 0.3) is 0 Å². The van der Waals surface area contributed by atoms with Gasteiger partial charge in [-0.25, -0.2) is 0 Å². The van der Waals surface area contributed by atoms with E-state index >= 15 is 0 Å². The lowest BCUT2D eigenvalue weighted by Gasteiger charge is -2.13. The van der Waals surface area contributed by atoms with E-state index in [2.05, 4.69) is 67.8 Å². The summed E-state index contributed by atoms with van der Waals surface area (Å²) in [6, 6.07) is 12.8. The first kappa shape index (κ1) is 13.5. The first-order valence-electron chi connectivity index (χ1n) is 6.69. The lowest BCUT2D eigenvalue weighted by molar-refractivity contribution is 1.13. The zero-order valence-electron chi connectivity index (χ0n) is 12.2. The second kappa shape index (κ2) is 5.79. The van der Waals surface area contributed by atoms with Gasteiger partial charge in [0.15, 0.2) is 0 Å². The Kier molecular flexibility index (Phi) is 4.10. The molecule has 0 spiro atoms. The number of benzene rings is 2. The van der Waals surface area contributed by atoms with Gasteiger partial charge in [-0.05, 0) is 61.2 Å². The Morgan fingerprint density at radius 3 is 2.16 bits per heavy atom. The van der Waals surface area contributed by atoms with Crippen molar-refractivity contribution in [2.45, 2.75) is 27.3 Å². The molecule has 2 N–H and O–H groups in total. The van der Waals surface area contributed by atoms with Gasteiger partial charge in [0.25, 0.3) is 0 Å². The summed E-state index contributed by atoms with van der Waals surface area (Å²) in [6.45, 7) is 7.36. The normalized spacial score (nSPS) is 10.3. The molecule has 2 rings (SSSR count). The average Bonchev–Trinajstić information content (AvgIpc) is 2.45. The molecule has 0 atom stereocenters. The van der Waals surface area contributed by atoms with E-state index in [-0.39, 0.29) is 0 Å². The molecule has 0 unspecified atom stereocenters. The molecule has 0 fully saturated rings. The van der Waals surface area contributed by atoms with Crippen LogP contribution in [0.15, 0.2) is 36.4 Å². The van der Waals surface area contributed by atoms with Gasteiger partial charge in [-0.2, -0.15) is 0 Å². The largest absolute Gasteiger partial charge is 0.388 e. The fourth-order valence-corrected chi connectivity index (χ4v) is 2.13. The van der Waals surface area contributed by atoms with Crippen molar-refractivity contribution in [3.63, 3.8) is 0 Å². The number of rotatable bonds is 4. The fraction of sp³-hybridized carbons (Fsp3) is 0.294. The summed E-state index contributed by atoms with van der Waals surface area (Å²) in [5, 5.41) is 6.64.